The van der Waals surface area contributed by atoms with Crippen LogP contribution in [0.2, 0.25) is 10.0 Å². The third kappa shape index (κ3) is 7.95. The molecule has 164 valence electrons. The Labute approximate surface area is 185 Å². The van der Waals surface area contributed by atoms with Crippen molar-refractivity contribution in [2.75, 3.05) is 11.1 Å². The lowest BCUT2D eigenvalue weighted by molar-refractivity contribution is -0.138. The molecule has 0 spiro atoms. The van der Waals surface area contributed by atoms with E-state index < -0.39 is 23.5 Å². The van der Waals surface area contributed by atoms with Crippen LogP contribution in [0.5, 0.6) is 0 Å². The molecule has 31 heavy (non-hydrogen) atoms. The molecule has 0 bridgehead atoms. The van der Waals surface area contributed by atoms with Crippen molar-refractivity contribution in [2.24, 2.45) is 0 Å². The van der Waals surface area contributed by atoms with E-state index in [1.807, 2.05) is 30.3 Å². The Morgan fingerprint density at radius 2 is 1.77 bits per heavy atom. The smallest absolute Gasteiger partial charge is 0.421 e. The molecule has 0 aliphatic carbocycles. The van der Waals surface area contributed by atoms with Crippen LogP contribution in [0.15, 0.2) is 54.7 Å². The maximum absolute atomic E-state index is 12.5. The van der Waals surface area contributed by atoms with Gasteiger partial charge < -0.3 is 16.2 Å². The molecule has 2 aromatic carbocycles. The molecule has 0 amide bonds. The molecule has 0 aliphatic heterocycles. The molecule has 3 aromatic rings. The van der Waals surface area contributed by atoms with Crippen LogP contribution in [0.4, 0.5) is 30.6 Å². The van der Waals surface area contributed by atoms with Crippen LogP contribution in [-0.2, 0) is 17.4 Å². The molecule has 0 saturated carbocycles. The van der Waals surface area contributed by atoms with E-state index in [4.69, 9.17) is 34.0 Å². The number of alkyl halides is 3. The second-order valence-corrected chi connectivity index (χ2v) is 6.94. The number of carbonyl (C=O) groups is 1. The largest absolute Gasteiger partial charge is 0.481 e. The second-order valence-electron chi connectivity index (χ2n) is 6.12. The minimum atomic E-state index is -4.59. The highest BCUT2D eigenvalue weighted by atomic mass is 35.5. The summed E-state index contributed by atoms with van der Waals surface area (Å²) in [6, 6.07) is 14.2. The Bertz CT molecular complexity index is 1030. The molecule has 0 atom stereocenters. The van der Waals surface area contributed by atoms with Crippen molar-refractivity contribution in [3.05, 3.63) is 75.9 Å². The third-order valence-electron chi connectivity index (χ3n) is 3.77. The van der Waals surface area contributed by atoms with Crippen LogP contribution in [0.3, 0.4) is 0 Å². The van der Waals surface area contributed by atoms with Crippen molar-refractivity contribution in [1.29, 1.82) is 0 Å². The van der Waals surface area contributed by atoms with Crippen LogP contribution in [0.1, 0.15) is 17.5 Å². The van der Waals surface area contributed by atoms with Gasteiger partial charge in [-0.2, -0.15) is 18.2 Å². The highest BCUT2D eigenvalue weighted by molar-refractivity contribution is 6.42. The number of carboxylic acids is 1. The van der Waals surface area contributed by atoms with Gasteiger partial charge in [-0.3, -0.25) is 4.79 Å². The lowest BCUT2D eigenvalue weighted by Crippen LogP contribution is -2.12. The Morgan fingerprint density at radius 1 is 1.10 bits per heavy atom. The predicted molar refractivity (Wildman–Crippen MR) is 114 cm³/mol. The van der Waals surface area contributed by atoms with Crippen LogP contribution in [-0.4, -0.2) is 21.0 Å². The molecule has 1 aromatic heterocycles. The number of aliphatic carboxylic acids is 1. The quantitative estimate of drug-likeness (QED) is 0.431. The molecule has 6 nitrogen and oxygen atoms in total. The number of hydrogen-bond acceptors (Lipinski definition) is 5. The van der Waals surface area contributed by atoms with Crippen molar-refractivity contribution < 1.29 is 23.1 Å². The molecule has 0 radical (unpaired) electrons. The number of benzene rings is 2. The van der Waals surface area contributed by atoms with Gasteiger partial charge in [0, 0.05) is 18.3 Å². The molecule has 0 fully saturated rings. The monoisotopic (exact) mass is 472 g/mol. The second kappa shape index (κ2) is 10.8. The molecule has 1 heterocycles. The van der Waals surface area contributed by atoms with E-state index in [-0.39, 0.29) is 17.4 Å². The zero-order valence-electron chi connectivity index (χ0n) is 15.8. The standard InChI is InChI=1S/C11H7Cl2F3N4.C9H10O2/c12-7-2-1-5(3-8(7)13)19-10-18-4-6(9(17)20-10)11(14,15)16;10-9(11)7-6-8-4-2-1-3-5-8/h1-4H,(H3,17,18,19,20);1-5H,6-7H2,(H,10,11). The molecule has 4 N–H and O–H groups in total. The lowest BCUT2D eigenvalue weighted by Gasteiger charge is -2.10. The number of nitrogen functional groups attached to an aromatic ring is 1. The van der Waals surface area contributed by atoms with E-state index in [9.17, 15) is 18.0 Å². The van der Waals surface area contributed by atoms with Gasteiger partial charge in [-0.25, -0.2) is 4.98 Å². The van der Waals surface area contributed by atoms with Crippen LogP contribution >= 0.6 is 23.2 Å². The van der Waals surface area contributed by atoms with E-state index in [1.165, 1.54) is 12.1 Å². The normalized spacial score (nSPS) is 10.7. The van der Waals surface area contributed by atoms with E-state index >= 15 is 0 Å². The van der Waals surface area contributed by atoms with Gasteiger partial charge in [0.15, 0.2) is 0 Å². The summed E-state index contributed by atoms with van der Waals surface area (Å²) in [4.78, 5) is 17.3. The number of rotatable bonds is 5. The van der Waals surface area contributed by atoms with Gasteiger partial charge in [-0.05, 0) is 30.2 Å². The number of nitrogens with two attached hydrogens (primary N) is 1. The molecule has 0 saturated heterocycles. The molecule has 0 unspecified atom stereocenters. The summed E-state index contributed by atoms with van der Waals surface area (Å²) < 4.78 is 37.5. The Morgan fingerprint density at radius 3 is 2.32 bits per heavy atom. The Hall–Kier alpha value is -3.04. The van der Waals surface area contributed by atoms with Crippen LogP contribution in [0, 0.1) is 0 Å². The van der Waals surface area contributed by atoms with Gasteiger partial charge in [-0.1, -0.05) is 53.5 Å². The summed E-state index contributed by atoms with van der Waals surface area (Å²) in [5.74, 6) is -1.47. The van der Waals surface area contributed by atoms with Crippen molar-refractivity contribution in [3.63, 3.8) is 0 Å². The average Bonchev–Trinajstić information content (AvgIpc) is 2.70. The zero-order chi connectivity index (χ0) is 23.0. The van der Waals surface area contributed by atoms with Gasteiger partial charge in [0.25, 0.3) is 0 Å². The highest BCUT2D eigenvalue weighted by Gasteiger charge is 2.34. The predicted octanol–water partition coefficient (Wildman–Crippen LogP) is 5.83. The van der Waals surface area contributed by atoms with Crippen molar-refractivity contribution in [2.45, 2.75) is 19.0 Å². The summed E-state index contributed by atoms with van der Waals surface area (Å²) in [5.41, 5.74) is 5.72. The summed E-state index contributed by atoms with van der Waals surface area (Å²) in [6.45, 7) is 0. The zero-order valence-corrected chi connectivity index (χ0v) is 17.3. The summed E-state index contributed by atoms with van der Waals surface area (Å²) in [6.07, 6.45) is -3.14. The molecule has 3 rings (SSSR count). The first-order chi connectivity index (χ1) is 14.6. The van der Waals surface area contributed by atoms with Gasteiger partial charge in [0.2, 0.25) is 5.95 Å². The summed E-state index contributed by atoms with van der Waals surface area (Å²) >= 11 is 11.6. The van der Waals surface area contributed by atoms with Crippen molar-refractivity contribution in [1.82, 2.24) is 9.97 Å². The summed E-state index contributed by atoms with van der Waals surface area (Å²) in [5, 5.41) is 11.7. The number of halogens is 5. The van der Waals surface area contributed by atoms with E-state index in [0.29, 0.717) is 23.3 Å². The SMILES string of the molecule is Nc1nc(Nc2ccc(Cl)c(Cl)c2)ncc1C(F)(F)F.O=C(O)CCc1ccccc1. The maximum atomic E-state index is 12.5. The third-order valence-corrected chi connectivity index (χ3v) is 4.51. The van der Waals surface area contributed by atoms with Crippen molar-refractivity contribution >= 4 is 46.6 Å². The minimum Gasteiger partial charge on any atom is -0.481 e. The minimum absolute atomic E-state index is 0.0751. The number of aryl methyl sites for hydroxylation is 1. The Kier molecular flexibility index (Phi) is 8.47. The van der Waals surface area contributed by atoms with Crippen molar-refractivity contribution in [3.8, 4) is 0 Å². The first kappa shape index (κ1) is 24.2. The van der Waals surface area contributed by atoms with E-state index in [0.717, 1.165) is 5.56 Å². The number of nitrogens with one attached hydrogen (secondary N) is 1. The summed E-state index contributed by atoms with van der Waals surface area (Å²) in [7, 11) is 0. The van der Waals surface area contributed by atoms with E-state index in [2.05, 4.69) is 15.3 Å². The molecular formula is C20H17Cl2F3N4O2. The number of anilines is 3. The fraction of sp³-hybridized carbons (Fsp3) is 0.150. The highest BCUT2D eigenvalue weighted by Crippen LogP contribution is 2.33. The van der Waals surface area contributed by atoms with Gasteiger partial charge >= 0.3 is 12.1 Å². The first-order valence-corrected chi connectivity index (χ1v) is 9.49. The van der Waals surface area contributed by atoms with Gasteiger partial charge in [0.1, 0.15) is 11.4 Å². The number of nitrogens with zero attached hydrogens (tertiary/aromatic N) is 2. The van der Waals surface area contributed by atoms with Gasteiger partial charge in [-0.15, -0.1) is 0 Å². The average molecular weight is 473 g/mol. The fourth-order valence-corrected chi connectivity index (χ4v) is 2.57. The first-order valence-electron chi connectivity index (χ1n) is 8.73. The molecule has 0 aliphatic rings. The number of hydrogen-bond donors (Lipinski definition) is 3. The topological polar surface area (TPSA) is 101 Å². The maximum Gasteiger partial charge on any atom is 0.421 e. The van der Waals surface area contributed by atoms with Crippen LogP contribution < -0.4 is 11.1 Å². The molecule has 11 heteroatoms. The number of carboxylic acid groups (broad SMARTS) is 1. The molecular weight excluding hydrogens is 456 g/mol. The van der Waals surface area contributed by atoms with E-state index in [1.54, 1.807) is 6.07 Å². The Balaban J connectivity index is 0.000000262. The van der Waals surface area contributed by atoms with Gasteiger partial charge in [0.05, 0.1) is 10.0 Å². The lowest BCUT2D eigenvalue weighted by atomic mass is 10.1. The fourth-order valence-electron chi connectivity index (χ4n) is 2.27. The van der Waals surface area contributed by atoms with Crippen LogP contribution in [0.25, 0.3) is 0 Å². The number of aromatic nitrogens is 2.